The number of thiazole rings is 1. The molecule has 4 aromatic rings. The van der Waals surface area contributed by atoms with Crippen molar-refractivity contribution in [2.24, 2.45) is 0 Å². The van der Waals surface area contributed by atoms with Gasteiger partial charge in [-0.2, -0.15) is 0 Å². The summed E-state index contributed by atoms with van der Waals surface area (Å²) in [5, 5.41) is 1.01. The second-order valence-electron chi connectivity index (χ2n) is 5.66. The van der Waals surface area contributed by atoms with Crippen LogP contribution in [0.2, 0.25) is 0 Å². The van der Waals surface area contributed by atoms with Crippen LogP contribution in [-0.4, -0.2) is 12.1 Å². The van der Waals surface area contributed by atoms with Crippen molar-refractivity contribution in [3.63, 3.8) is 0 Å². The third kappa shape index (κ3) is 3.19. The fourth-order valence-corrected chi connectivity index (χ4v) is 3.85. The van der Waals surface area contributed by atoms with Crippen LogP contribution in [0.1, 0.15) is 0 Å². The molecule has 0 fully saturated rings. The van der Waals surface area contributed by atoms with Crippen molar-refractivity contribution in [1.82, 2.24) is 4.98 Å². The summed E-state index contributed by atoms with van der Waals surface area (Å²) < 4.78 is 5.26. The Balaban J connectivity index is 1.86. The summed E-state index contributed by atoms with van der Waals surface area (Å²) in [6.07, 6.45) is 0. The minimum Gasteiger partial charge on any atom is -0.497 e. The second kappa shape index (κ2) is 6.91. The zero-order valence-electron chi connectivity index (χ0n) is 13.8. The van der Waals surface area contributed by atoms with E-state index in [1.807, 2.05) is 24.3 Å². The monoisotopic (exact) mass is 343 g/mol. The van der Waals surface area contributed by atoms with Gasteiger partial charge in [-0.15, -0.1) is 11.3 Å². The van der Waals surface area contributed by atoms with Gasteiger partial charge >= 0.3 is 0 Å². The Labute approximate surface area is 151 Å². The van der Waals surface area contributed by atoms with Gasteiger partial charge in [0.1, 0.15) is 10.8 Å². The van der Waals surface area contributed by atoms with Gasteiger partial charge in [-0.3, -0.25) is 0 Å². The van der Waals surface area contributed by atoms with Crippen molar-refractivity contribution in [2.75, 3.05) is 7.11 Å². The molecule has 1 aromatic heterocycles. The molecule has 1 heterocycles. The maximum absolute atomic E-state index is 5.26. The molecule has 0 amide bonds. The van der Waals surface area contributed by atoms with Crippen molar-refractivity contribution in [3.05, 3.63) is 84.9 Å². The molecular formula is C22H17NOS. The Morgan fingerprint density at radius 1 is 0.680 bits per heavy atom. The fourth-order valence-electron chi connectivity index (χ4n) is 2.75. The Morgan fingerprint density at radius 2 is 1.28 bits per heavy atom. The van der Waals surface area contributed by atoms with E-state index < -0.39 is 0 Å². The average molecular weight is 343 g/mol. The number of hydrogen-bond donors (Lipinski definition) is 0. The molecule has 0 saturated carbocycles. The molecule has 2 nitrogen and oxygen atoms in total. The zero-order chi connectivity index (χ0) is 17.1. The first-order valence-corrected chi connectivity index (χ1v) is 8.93. The van der Waals surface area contributed by atoms with E-state index in [4.69, 9.17) is 9.72 Å². The number of aromatic nitrogens is 1. The molecule has 25 heavy (non-hydrogen) atoms. The van der Waals surface area contributed by atoms with Gasteiger partial charge in [0, 0.05) is 11.1 Å². The van der Waals surface area contributed by atoms with Crippen LogP contribution in [0, 0.1) is 0 Å². The molecule has 3 aromatic carbocycles. The molecule has 0 aliphatic rings. The number of ether oxygens (including phenoxy) is 1. The van der Waals surface area contributed by atoms with E-state index in [0.29, 0.717) is 0 Å². The lowest BCUT2D eigenvalue weighted by atomic mass is 10.1. The van der Waals surface area contributed by atoms with E-state index in [1.54, 1.807) is 18.4 Å². The van der Waals surface area contributed by atoms with Gasteiger partial charge in [-0.1, -0.05) is 60.7 Å². The Kier molecular flexibility index (Phi) is 4.32. The van der Waals surface area contributed by atoms with E-state index in [1.165, 1.54) is 10.4 Å². The van der Waals surface area contributed by atoms with Crippen LogP contribution in [0.5, 0.6) is 5.75 Å². The second-order valence-corrected chi connectivity index (χ2v) is 6.66. The minimum absolute atomic E-state index is 0.854. The van der Waals surface area contributed by atoms with Gasteiger partial charge in [-0.05, 0) is 29.8 Å². The molecule has 0 saturated heterocycles. The lowest BCUT2D eigenvalue weighted by Crippen LogP contribution is -1.83. The SMILES string of the molecule is COc1ccc(-c2nc(-c3ccccc3)c(-c3ccccc3)s2)cc1. The molecule has 122 valence electrons. The number of hydrogen-bond acceptors (Lipinski definition) is 3. The van der Waals surface area contributed by atoms with Crippen molar-refractivity contribution in [2.45, 2.75) is 0 Å². The topological polar surface area (TPSA) is 22.1 Å². The third-order valence-electron chi connectivity index (χ3n) is 4.05. The molecule has 0 unspecified atom stereocenters. The summed E-state index contributed by atoms with van der Waals surface area (Å²) >= 11 is 1.72. The highest BCUT2D eigenvalue weighted by molar-refractivity contribution is 7.19. The summed E-state index contributed by atoms with van der Waals surface area (Å²) in [7, 11) is 1.68. The maximum Gasteiger partial charge on any atom is 0.124 e. The van der Waals surface area contributed by atoms with Crippen molar-refractivity contribution >= 4 is 11.3 Å². The van der Waals surface area contributed by atoms with Gasteiger partial charge < -0.3 is 4.74 Å². The Bertz CT molecular complexity index is 903. The molecule has 3 heteroatoms. The summed E-state index contributed by atoms with van der Waals surface area (Å²) in [6, 6.07) is 28.9. The highest BCUT2D eigenvalue weighted by Crippen LogP contribution is 2.40. The molecule has 0 atom stereocenters. The van der Waals surface area contributed by atoms with E-state index >= 15 is 0 Å². The van der Waals surface area contributed by atoms with E-state index in [9.17, 15) is 0 Å². The van der Waals surface area contributed by atoms with Crippen molar-refractivity contribution in [3.8, 4) is 38.0 Å². The van der Waals surface area contributed by atoms with Crippen LogP contribution in [0.3, 0.4) is 0 Å². The largest absolute Gasteiger partial charge is 0.497 e. The van der Waals surface area contributed by atoms with E-state index in [-0.39, 0.29) is 0 Å². The van der Waals surface area contributed by atoms with Gasteiger partial charge in [0.25, 0.3) is 0 Å². The lowest BCUT2D eigenvalue weighted by Gasteiger charge is -2.02. The van der Waals surface area contributed by atoms with E-state index in [2.05, 4.69) is 60.7 Å². The Morgan fingerprint density at radius 3 is 1.88 bits per heavy atom. The molecule has 0 radical (unpaired) electrons. The highest BCUT2D eigenvalue weighted by atomic mass is 32.1. The third-order valence-corrected chi connectivity index (χ3v) is 5.20. The predicted octanol–water partition coefficient (Wildman–Crippen LogP) is 6.15. The van der Waals surface area contributed by atoms with Gasteiger partial charge in [0.05, 0.1) is 17.7 Å². The number of rotatable bonds is 4. The summed E-state index contributed by atoms with van der Waals surface area (Å²) in [4.78, 5) is 6.15. The Hall–Kier alpha value is -2.91. The normalized spacial score (nSPS) is 10.6. The van der Waals surface area contributed by atoms with Crippen molar-refractivity contribution in [1.29, 1.82) is 0 Å². The van der Waals surface area contributed by atoms with Crippen LogP contribution in [0.25, 0.3) is 32.3 Å². The molecule has 0 aliphatic carbocycles. The molecule has 0 aliphatic heterocycles. The van der Waals surface area contributed by atoms with Gasteiger partial charge in [-0.25, -0.2) is 4.98 Å². The number of nitrogens with zero attached hydrogens (tertiary/aromatic N) is 1. The highest BCUT2D eigenvalue weighted by Gasteiger charge is 2.15. The zero-order valence-corrected chi connectivity index (χ0v) is 14.7. The van der Waals surface area contributed by atoms with Crippen LogP contribution < -0.4 is 4.74 Å². The smallest absolute Gasteiger partial charge is 0.124 e. The van der Waals surface area contributed by atoms with Gasteiger partial charge in [0.2, 0.25) is 0 Å². The summed E-state index contributed by atoms with van der Waals surface area (Å²) in [6.45, 7) is 0. The summed E-state index contributed by atoms with van der Waals surface area (Å²) in [5.74, 6) is 0.854. The first kappa shape index (κ1) is 15.6. The fraction of sp³-hybridized carbons (Fsp3) is 0.0455. The van der Waals surface area contributed by atoms with Gasteiger partial charge in [0.15, 0.2) is 0 Å². The molecule has 0 spiro atoms. The number of methoxy groups -OCH3 is 1. The first-order valence-electron chi connectivity index (χ1n) is 8.11. The number of benzene rings is 3. The van der Waals surface area contributed by atoms with Crippen LogP contribution in [0.4, 0.5) is 0 Å². The standard InChI is InChI=1S/C22H17NOS/c1-24-19-14-12-18(13-15-19)22-23-20(16-8-4-2-5-9-16)21(25-22)17-10-6-3-7-11-17/h2-15H,1H3. The minimum atomic E-state index is 0.854. The maximum atomic E-state index is 5.26. The van der Waals surface area contributed by atoms with Crippen molar-refractivity contribution < 1.29 is 4.74 Å². The molecule has 4 rings (SSSR count). The molecule has 0 bridgehead atoms. The van der Waals surface area contributed by atoms with Crippen LogP contribution >= 0.6 is 11.3 Å². The predicted molar refractivity (Wildman–Crippen MR) is 105 cm³/mol. The lowest BCUT2D eigenvalue weighted by molar-refractivity contribution is 0.415. The van der Waals surface area contributed by atoms with E-state index in [0.717, 1.165) is 27.6 Å². The molecular weight excluding hydrogens is 326 g/mol. The quantitative estimate of drug-likeness (QED) is 0.443. The average Bonchev–Trinajstić information content (AvgIpc) is 3.15. The van der Waals surface area contributed by atoms with Crippen LogP contribution in [0.15, 0.2) is 84.9 Å². The molecule has 0 N–H and O–H groups in total. The first-order chi connectivity index (χ1) is 12.3. The summed E-state index contributed by atoms with van der Waals surface area (Å²) in [5.41, 5.74) is 4.46. The van der Waals surface area contributed by atoms with Crippen LogP contribution in [-0.2, 0) is 0 Å².